The molecule has 0 aliphatic heterocycles. The van der Waals surface area contributed by atoms with Crippen LogP contribution in [0.5, 0.6) is 5.75 Å². The van der Waals surface area contributed by atoms with Crippen molar-refractivity contribution in [1.29, 1.82) is 0 Å². The summed E-state index contributed by atoms with van der Waals surface area (Å²) in [5.74, 6) is 0.287. The van der Waals surface area contributed by atoms with Gasteiger partial charge in [-0.1, -0.05) is 42.5 Å². The monoisotopic (exact) mass is 239 g/mol. The lowest BCUT2D eigenvalue weighted by Crippen LogP contribution is -2.01. The van der Waals surface area contributed by atoms with Crippen molar-refractivity contribution in [2.24, 2.45) is 0 Å². The molecule has 0 amide bonds. The van der Waals surface area contributed by atoms with Crippen LogP contribution in [0.2, 0.25) is 0 Å². The number of hydrogen-bond acceptors (Lipinski definition) is 2. The van der Waals surface area contributed by atoms with E-state index >= 15 is 0 Å². The summed E-state index contributed by atoms with van der Waals surface area (Å²) in [5, 5.41) is 0. The zero-order valence-corrected chi connectivity index (χ0v) is 10.3. The normalized spacial score (nSPS) is 10.1. The molecule has 0 aliphatic rings. The minimum Gasteiger partial charge on any atom is -0.427 e. The maximum atomic E-state index is 10.8. The van der Waals surface area contributed by atoms with Crippen LogP contribution >= 0.6 is 0 Å². The van der Waals surface area contributed by atoms with Crippen LogP contribution in [-0.2, 0) is 11.2 Å². The number of esters is 1. The third kappa shape index (κ3) is 3.74. The first kappa shape index (κ1) is 12.4. The Morgan fingerprint density at radius 3 is 2.33 bits per heavy atom. The lowest BCUT2D eigenvalue weighted by atomic mass is 10.0. The fourth-order valence-corrected chi connectivity index (χ4v) is 1.69. The van der Waals surface area contributed by atoms with Gasteiger partial charge in [0.25, 0.3) is 0 Å². The largest absolute Gasteiger partial charge is 0.427 e. The molecule has 2 aromatic carbocycles. The van der Waals surface area contributed by atoms with Crippen molar-refractivity contribution in [3.63, 3.8) is 0 Å². The fraction of sp³-hybridized carbons (Fsp3) is 0.125. The summed E-state index contributed by atoms with van der Waals surface area (Å²) in [6.07, 6.45) is 3.04. The molecule has 0 unspecified atom stereocenters. The van der Waals surface area contributed by atoms with Crippen LogP contribution < -0.4 is 4.74 Å². The number of benzene rings is 2. The van der Waals surface area contributed by atoms with Crippen LogP contribution in [-0.4, -0.2) is 5.97 Å². The van der Waals surface area contributed by atoms with Crippen LogP contribution in [0.15, 0.2) is 54.6 Å². The summed E-state index contributed by atoms with van der Waals surface area (Å²) >= 11 is 0. The van der Waals surface area contributed by atoms with Crippen molar-refractivity contribution in [2.75, 3.05) is 0 Å². The summed E-state index contributed by atoms with van der Waals surface area (Å²) in [7, 11) is 0. The van der Waals surface area contributed by atoms with Crippen molar-refractivity contribution >= 4 is 5.97 Å². The zero-order chi connectivity index (χ0) is 12.8. The lowest BCUT2D eigenvalue weighted by Gasteiger charge is -2.04. The number of ether oxygens (including phenoxy) is 1. The predicted molar refractivity (Wildman–Crippen MR) is 71.3 cm³/mol. The smallest absolute Gasteiger partial charge is 0.308 e. The average Bonchev–Trinajstić information content (AvgIpc) is 2.38. The Kier molecular flexibility index (Phi) is 4.13. The van der Waals surface area contributed by atoms with Crippen molar-refractivity contribution in [1.82, 2.24) is 0 Å². The lowest BCUT2D eigenvalue weighted by molar-refractivity contribution is -0.131. The SMILES string of the molecule is CC(=O)Oc1ccc([CH]Cc2ccccc2)cc1. The second-order valence-corrected chi connectivity index (χ2v) is 4.06. The molecule has 2 rings (SSSR count). The van der Waals surface area contributed by atoms with E-state index in [-0.39, 0.29) is 5.97 Å². The van der Waals surface area contributed by atoms with E-state index in [1.165, 1.54) is 12.5 Å². The first-order valence-corrected chi connectivity index (χ1v) is 5.89. The average molecular weight is 239 g/mol. The third-order valence-corrected chi connectivity index (χ3v) is 2.56. The summed E-state index contributed by atoms with van der Waals surface area (Å²) in [6, 6.07) is 17.8. The summed E-state index contributed by atoms with van der Waals surface area (Å²) in [6.45, 7) is 1.40. The number of carbonyl (C=O) groups excluding carboxylic acids is 1. The highest BCUT2D eigenvalue weighted by Crippen LogP contribution is 2.15. The molecule has 0 saturated heterocycles. The van der Waals surface area contributed by atoms with Gasteiger partial charge in [-0.05, 0) is 36.1 Å². The number of hydrogen-bond donors (Lipinski definition) is 0. The zero-order valence-electron chi connectivity index (χ0n) is 10.3. The predicted octanol–water partition coefficient (Wildman–Crippen LogP) is 3.41. The molecule has 0 spiro atoms. The molecule has 0 heterocycles. The van der Waals surface area contributed by atoms with Gasteiger partial charge >= 0.3 is 5.97 Å². The van der Waals surface area contributed by atoms with Gasteiger partial charge in [0.1, 0.15) is 5.75 Å². The van der Waals surface area contributed by atoms with Crippen molar-refractivity contribution < 1.29 is 9.53 Å². The first-order valence-electron chi connectivity index (χ1n) is 5.89. The van der Waals surface area contributed by atoms with E-state index in [1.54, 1.807) is 12.1 Å². The molecule has 0 N–H and O–H groups in total. The van der Waals surface area contributed by atoms with Gasteiger partial charge in [-0.15, -0.1) is 0 Å². The van der Waals surface area contributed by atoms with E-state index in [9.17, 15) is 4.79 Å². The summed E-state index contributed by atoms with van der Waals surface area (Å²) < 4.78 is 4.98. The van der Waals surface area contributed by atoms with Crippen molar-refractivity contribution in [3.8, 4) is 5.75 Å². The van der Waals surface area contributed by atoms with Gasteiger partial charge in [0.2, 0.25) is 0 Å². The molecule has 0 aromatic heterocycles. The summed E-state index contributed by atoms with van der Waals surface area (Å²) in [5.41, 5.74) is 2.40. The van der Waals surface area contributed by atoms with E-state index in [1.807, 2.05) is 30.3 Å². The number of rotatable bonds is 4. The molecule has 2 heteroatoms. The Morgan fingerprint density at radius 1 is 1.06 bits per heavy atom. The Bertz CT molecular complexity index is 500. The Hall–Kier alpha value is -2.09. The molecule has 2 nitrogen and oxygen atoms in total. The third-order valence-electron chi connectivity index (χ3n) is 2.56. The fourth-order valence-electron chi connectivity index (χ4n) is 1.69. The Balaban J connectivity index is 1.92. The van der Waals surface area contributed by atoms with Crippen molar-refractivity contribution in [3.05, 3.63) is 72.1 Å². The van der Waals surface area contributed by atoms with Gasteiger partial charge in [0.15, 0.2) is 0 Å². The quantitative estimate of drug-likeness (QED) is 0.603. The van der Waals surface area contributed by atoms with Gasteiger partial charge in [-0.3, -0.25) is 4.79 Å². The summed E-state index contributed by atoms with van der Waals surface area (Å²) in [4.78, 5) is 10.8. The van der Waals surface area contributed by atoms with Gasteiger partial charge < -0.3 is 4.74 Å². The Morgan fingerprint density at radius 2 is 1.72 bits per heavy atom. The van der Waals surface area contributed by atoms with Crippen LogP contribution in [0.1, 0.15) is 18.1 Å². The second kappa shape index (κ2) is 6.01. The topological polar surface area (TPSA) is 26.3 Å². The molecule has 0 saturated carbocycles. The van der Waals surface area contributed by atoms with E-state index in [0.29, 0.717) is 5.75 Å². The standard InChI is InChI=1S/C16H15O2/c1-13(17)18-16-11-9-15(10-12-16)8-7-14-5-3-2-4-6-14/h2-6,8-12H,7H2,1H3. The van der Waals surface area contributed by atoms with Gasteiger partial charge in [0, 0.05) is 6.92 Å². The molecule has 0 bridgehead atoms. The maximum Gasteiger partial charge on any atom is 0.308 e. The highest BCUT2D eigenvalue weighted by atomic mass is 16.5. The molecule has 1 radical (unpaired) electrons. The molecule has 0 atom stereocenters. The van der Waals surface area contributed by atoms with E-state index < -0.39 is 0 Å². The minimum absolute atomic E-state index is 0.295. The molecule has 2 aromatic rings. The van der Waals surface area contributed by atoms with Gasteiger partial charge in [0.05, 0.1) is 0 Å². The second-order valence-electron chi connectivity index (χ2n) is 4.06. The van der Waals surface area contributed by atoms with Gasteiger partial charge in [-0.25, -0.2) is 0 Å². The van der Waals surface area contributed by atoms with Crippen LogP contribution in [0.3, 0.4) is 0 Å². The molecule has 91 valence electrons. The Labute approximate surface area is 107 Å². The van der Waals surface area contributed by atoms with Gasteiger partial charge in [-0.2, -0.15) is 0 Å². The molecule has 18 heavy (non-hydrogen) atoms. The van der Waals surface area contributed by atoms with Crippen LogP contribution in [0, 0.1) is 6.42 Å². The van der Waals surface area contributed by atoms with Crippen LogP contribution in [0.25, 0.3) is 0 Å². The van der Waals surface area contributed by atoms with E-state index in [0.717, 1.165) is 12.0 Å². The van der Waals surface area contributed by atoms with Crippen LogP contribution in [0.4, 0.5) is 0 Å². The first-order chi connectivity index (χ1) is 8.74. The van der Waals surface area contributed by atoms with E-state index in [4.69, 9.17) is 4.74 Å². The molecule has 0 fully saturated rings. The molecule has 0 aliphatic carbocycles. The molecular weight excluding hydrogens is 224 g/mol. The highest BCUT2D eigenvalue weighted by molar-refractivity contribution is 5.69. The van der Waals surface area contributed by atoms with Crippen molar-refractivity contribution in [2.45, 2.75) is 13.3 Å². The highest BCUT2D eigenvalue weighted by Gasteiger charge is 1.99. The molecular formula is C16H15O2. The van der Waals surface area contributed by atoms with E-state index in [2.05, 4.69) is 18.6 Å². The number of carbonyl (C=O) groups is 1. The maximum absolute atomic E-state index is 10.8. The minimum atomic E-state index is -0.295.